The predicted molar refractivity (Wildman–Crippen MR) is 98.5 cm³/mol. The Bertz CT molecular complexity index is 746. The van der Waals surface area contributed by atoms with Gasteiger partial charge in [-0.1, -0.05) is 23.9 Å². The van der Waals surface area contributed by atoms with Crippen LogP contribution in [0.4, 0.5) is 11.4 Å². The number of hydrogen-bond acceptors (Lipinski definition) is 5. The minimum Gasteiger partial charge on any atom is -0.465 e. The Morgan fingerprint density at radius 3 is 2.62 bits per heavy atom. The predicted octanol–water partition coefficient (Wildman–Crippen LogP) is 4.03. The molecule has 0 N–H and O–H groups in total. The molecule has 0 atom stereocenters. The van der Waals surface area contributed by atoms with Gasteiger partial charge in [0.05, 0.1) is 24.0 Å². The Kier molecular flexibility index (Phi) is 5.11. The Balaban J connectivity index is 1.95. The molecule has 5 heteroatoms. The molecule has 1 aliphatic heterocycles. The molecule has 24 heavy (non-hydrogen) atoms. The van der Waals surface area contributed by atoms with Gasteiger partial charge in [0.15, 0.2) is 0 Å². The van der Waals surface area contributed by atoms with E-state index < -0.39 is 0 Å². The van der Waals surface area contributed by atoms with Gasteiger partial charge in [0.25, 0.3) is 0 Å². The van der Waals surface area contributed by atoms with Crippen LogP contribution in [0.3, 0.4) is 0 Å². The summed E-state index contributed by atoms with van der Waals surface area (Å²) in [5, 5.41) is 0. The van der Waals surface area contributed by atoms with E-state index in [9.17, 15) is 4.79 Å². The second-order valence-electron chi connectivity index (χ2n) is 6.05. The third-order valence-corrected chi connectivity index (χ3v) is 5.15. The van der Waals surface area contributed by atoms with Crippen molar-refractivity contribution in [2.45, 2.75) is 16.2 Å². The fourth-order valence-corrected chi connectivity index (χ4v) is 4.00. The van der Waals surface area contributed by atoms with Crippen LogP contribution in [-0.4, -0.2) is 45.2 Å². The number of carbonyl (C=O) groups excluding carboxylic acids is 1. The molecule has 0 unspecified atom stereocenters. The number of anilines is 2. The zero-order chi connectivity index (χ0) is 17.1. The van der Waals surface area contributed by atoms with E-state index in [0.29, 0.717) is 5.56 Å². The number of methoxy groups -OCH3 is 1. The molecule has 0 bridgehead atoms. The highest BCUT2D eigenvalue weighted by atomic mass is 32.2. The number of rotatable bonds is 5. The van der Waals surface area contributed by atoms with Crippen LogP contribution in [0.1, 0.15) is 16.8 Å². The molecule has 4 nitrogen and oxygen atoms in total. The first kappa shape index (κ1) is 16.9. The van der Waals surface area contributed by atoms with Crippen molar-refractivity contribution in [2.75, 3.05) is 39.2 Å². The summed E-state index contributed by atoms with van der Waals surface area (Å²) in [4.78, 5) is 18.7. The van der Waals surface area contributed by atoms with Gasteiger partial charge in [-0.25, -0.2) is 4.79 Å². The second kappa shape index (κ2) is 7.28. The minimum atomic E-state index is -0.295. The number of para-hydroxylation sites is 1. The van der Waals surface area contributed by atoms with Crippen molar-refractivity contribution in [3.8, 4) is 0 Å². The summed E-state index contributed by atoms with van der Waals surface area (Å²) in [6.07, 6.45) is 1.07. The van der Waals surface area contributed by atoms with Gasteiger partial charge in [0, 0.05) is 16.3 Å². The highest BCUT2D eigenvalue weighted by molar-refractivity contribution is 7.99. The van der Waals surface area contributed by atoms with Gasteiger partial charge < -0.3 is 14.5 Å². The van der Waals surface area contributed by atoms with E-state index in [1.165, 1.54) is 17.7 Å². The molecule has 1 heterocycles. The number of esters is 1. The lowest BCUT2D eigenvalue weighted by Crippen LogP contribution is -2.25. The van der Waals surface area contributed by atoms with Crippen LogP contribution in [0.5, 0.6) is 0 Å². The minimum absolute atomic E-state index is 0.295. The van der Waals surface area contributed by atoms with Crippen molar-refractivity contribution in [1.82, 2.24) is 4.90 Å². The number of benzene rings is 2. The molecule has 0 spiro atoms. The molecule has 0 aliphatic carbocycles. The van der Waals surface area contributed by atoms with Gasteiger partial charge in [0.2, 0.25) is 0 Å². The van der Waals surface area contributed by atoms with E-state index in [-0.39, 0.29) is 5.97 Å². The molecular weight excluding hydrogens is 320 g/mol. The molecule has 0 radical (unpaired) electrons. The molecule has 0 amide bonds. The molecule has 3 rings (SSSR count). The van der Waals surface area contributed by atoms with Crippen LogP contribution in [0.2, 0.25) is 0 Å². The van der Waals surface area contributed by atoms with Crippen LogP contribution in [-0.2, 0) is 4.74 Å². The van der Waals surface area contributed by atoms with Crippen molar-refractivity contribution in [3.05, 3.63) is 48.0 Å². The second-order valence-corrected chi connectivity index (χ2v) is 7.14. The Hall–Kier alpha value is -1.98. The summed E-state index contributed by atoms with van der Waals surface area (Å²) < 4.78 is 4.85. The number of fused-ring (bicyclic) bond motifs is 2. The van der Waals surface area contributed by atoms with E-state index in [1.54, 1.807) is 11.8 Å². The molecule has 2 aromatic rings. The Morgan fingerprint density at radius 2 is 1.88 bits per heavy atom. The lowest BCUT2D eigenvalue weighted by molar-refractivity contribution is 0.0600. The molecule has 2 aromatic carbocycles. The van der Waals surface area contributed by atoms with Crippen LogP contribution in [0.25, 0.3) is 0 Å². The summed E-state index contributed by atoms with van der Waals surface area (Å²) in [5.74, 6) is -0.295. The molecule has 1 aliphatic rings. The topological polar surface area (TPSA) is 32.8 Å². The van der Waals surface area contributed by atoms with Gasteiger partial charge >= 0.3 is 5.97 Å². The van der Waals surface area contributed by atoms with Crippen LogP contribution in [0.15, 0.2) is 52.3 Å². The number of nitrogens with zero attached hydrogens (tertiary/aromatic N) is 2. The highest BCUT2D eigenvalue weighted by Crippen LogP contribution is 2.48. The summed E-state index contributed by atoms with van der Waals surface area (Å²) >= 11 is 1.71. The SMILES string of the molecule is COC(=O)c1ccc2c(c1)Sc1ccccc1N2CCCN(C)C. The Labute approximate surface area is 147 Å². The van der Waals surface area contributed by atoms with Gasteiger partial charge in [-0.3, -0.25) is 0 Å². The molecular formula is C19H22N2O2S. The van der Waals surface area contributed by atoms with Gasteiger partial charge in [0.1, 0.15) is 0 Å². The smallest absolute Gasteiger partial charge is 0.337 e. The maximum absolute atomic E-state index is 11.8. The summed E-state index contributed by atoms with van der Waals surface area (Å²) in [7, 11) is 5.60. The lowest BCUT2D eigenvalue weighted by Gasteiger charge is -2.33. The van der Waals surface area contributed by atoms with E-state index >= 15 is 0 Å². The fraction of sp³-hybridized carbons (Fsp3) is 0.316. The largest absolute Gasteiger partial charge is 0.465 e. The summed E-state index contributed by atoms with van der Waals surface area (Å²) in [6, 6.07) is 14.2. The highest BCUT2D eigenvalue weighted by Gasteiger charge is 2.24. The van der Waals surface area contributed by atoms with E-state index in [0.717, 1.165) is 30.1 Å². The van der Waals surface area contributed by atoms with Crippen LogP contribution >= 0.6 is 11.8 Å². The lowest BCUT2D eigenvalue weighted by atomic mass is 10.1. The number of ether oxygens (including phenoxy) is 1. The van der Waals surface area contributed by atoms with Crippen LogP contribution < -0.4 is 4.90 Å². The van der Waals surface area contributed by atoms with E-state index in [2.05, 4.69) is 48.2 Å². The van der Waals surface area contributed by atoms with Crippen molar-refractivity contribution in [3.63, 3.8) is 0 Å². The van der Waals surface area contributed by atoms with Crippen molar-refractivity contribution in [2.24, 2.45) is 0 Å². The summed E-state index contributed by atoms with van der Waals surface area (Å²) in [6.45, 7) is 1.99. The van der Waals surface area contributed by atoms with Crippen molar-refractivity contribution >= 4 is 29.1 Å². The van der Waals surface area contributed by atoms with Gasteiger partial charge in [-0.05, 0) is 57.4 Å². The zero-order valence-corrected chi connectivity index (χ0v) is 15.1. The first-order valence-corrected chi connectivity index (χ1v) is 8.83. The van der Waals surface area contributed by atoms with E-state index in [4.69, 9.17) is 4.74 Å². The zero-order valence-electron chi connectivity index (χ0n) is 14.3. The maximum Gasteiger partial charge on any atom is 0.337 e. The number of carbonyl (C=O) groups is 1. The van der Waals surface area contributed by atoms with Gasteiger partial charge in [-0.2, -0.15) is 0 Å². The first-order valence-electron chi connectivity index (χ1n) is 8.01. The molecule has 0 aromatic heterocycles. The average Bonchev–Trinajstić information content (AvgIpc) is 2.59. The van der Waals surface area contributed by atoms with E-state index in [1.807, 2.05) is 18.2 Å². The average molecular weight is 342 g/mol. The quantitative estimate of drug-likeness (QED) is 0.766. The first-order chi connectivity index (χ1) is 11.6. The van der Waals surface area contributed by atoms with Crippen molar-refractivity contribution < 1.29 is 9.53 Å². The molecule has 0 saturated heterocycles. The fourth-order valence-electron chi connectivity index (χ4n) is 2.86. The number of hydrogen-bond donors (Lipinski definition) is 0. The Morgan fingerprint density at radius 1 is 1.12 bits per heavy atom. The van der Waals surface area contributed by atoms with Crippen LogP contribution in [0, 0.1) is 0 Å². The third-order valence-electron chi connectivity index (χ3n) is 4.03. The monoisotopic (exact) mass is 342 g/mol. The standard InChI is InChI=1S/C19H22N2O2S/c1-20(2)11-6-12-21-15-7-4-5-8-17(15)24-18-13-14(19(22)23-3)9-10-16(18)21/h4-5,7-10,13H,6,11-12H2,1-3H3. The molecule has 0 fully saturated rings. The normalized spacial score (nSPS) is 12.8. The molecule has 126 valence electrons. The van der Waals surface area contributed by atoms with Gasteiger partial charge in [-0.15, -0.1) is 0 Å². The van der Waals surface area contributed by atoms with Crippen molar-refractivity contribution in [1.29, 1.82) is 0 Å². The third kappa shape index (κ3) is 3.42. The summed E-state index contributed by atoms with van der Waals surface area (Å²) in [5.41, 5.74) is 2.99. The molecule has 0 saturated carbocycles. The maximum atomic E-state index is 11.8.